The largest absolute Gasteiger partial charge is 0.355 e. The molecule has 0 spiro atoms. The minimum absolute atomic E-state index is 0.235. The summed E-state index contributed by atoms with van der Waals surface area (Å²) in [5.41, 5.74) is 2.53. The average molecular weight is 365 g/mol. The molecule has 2 rings (SSSR count). The van der Waals surface area contributed by atoms with E-state index in [-0.39, 0.29) is 18.2 Å². The van der Waals surface area contributed by atoms with E-state index >= 15 is 0 Å². The zero-order chi connectivity index (χ0) is 17.5. The lowest BCUT2D eigenvalue weighted by molar-refractivity contribution is -0.126. The molecule has 0 unspecified atom stereocenters. The van der Waals surface area contributed by atoms with Gasteiger partial charge < -0.3 is 10.6 Å². The first-order chi connectivity index (χ1) is 11.4. The molecule has 2 aromatic rings. The predicted octanol–water partition coefficient (Wildman–Crippen LogP) is 3.99. The minimum Gasteiger partial charge on any atom is -0.355 e. The summed E-state index contributed by atoms with van der Waals surface area (Å²) in [6.07, 6.45) is 0.419. The van der Waals surface area contributed by atoms with Crippen LogP contribution in [0.2, 0.25) is 10.0 Å². The highest BCUT2D eigenvalue weighted by Gasteiger charge is 2.10. The standard InChI is InChI=1S/C18H18Cl2N2O2/c1-12-5-6-15(10-16(12)20)22-18(24)11-17(23)21-8-7-13-3-2-4-14(19)9-13/h2-6,9-10H,7-8,11H2,1H3,(H,21,23)(H,22,24). The molecule has 126 valence electrons. The van der Waals surface area contributed by atoms with Gasteiger partial charge in [-0.2, -0.15) is 0 Å². The first-order valence-electron chi connectivity index (χ1n) is 7.51. The Morgan fingerprint density at radius 2 is 1.83 bits per heavy atom. The fourth-order valence-electron chi connectivity index (χ4n) is 2.12. The fourth-order valence-corrected chi connectivity index (χ4v) is 2.52. The van der Waals surface area contributed by atoms with Crippen molar-refractivity contribution < 1.29 is 9.59 Å². The molecule has 0 atom stereocenters. The third-order valence-corrected chi connectivity index (χ3v) is 4.04. The first kappa shape index (κ1) is 18.3. The van der Waals surface area contributed by atoms with Crippen LogP contribution in [0, 0.1) is 6.92 Å². The smallest absolute Gasteiger partial charge is 0.233 e. The quantitative estimate of drug-likeness (QED) is 0.761. The van der Waals surface area contributed by atoms with Gasteiger partial charge in [0.25, 0.3) is 0 Å². The first-order valence-corrected chi connectivity index (χ1v) is 8.27. The number of aryl methyl sites for hydroxylation is 1. The van der Waals surface area contributed by atoms with Gasteiger partial charge in [0, 0.05) is 22.3 Å². The number of carbonyl (C=O) groups excluding carboxylic acids is 2. The van der Waals surface area contributed by atoms with Gasteiger partial charge in [-0.3, -0.25) is 9.59 Å². The lowest BCUT2D eigenvalue weighted by atomic mass is 10.1. The molecule has 0 fully saturated rings. The number of hydrogen-bond donors (Lipinski definition) is 2. The Morgan fingerprint density at radius 1 is 1.04 bits per heavy atom. The Kier molecular flexibility index (Phi) is 6.64. The summed E-state index contributed by atoms with van der Waals surface area (Å²) in [6.45, 7) is 2.32. The van der Waals surface area contributed by atoms with Gasteiger partial charge in [-0.05, 0) is 48.7 Å². The number of anilines is 1. The summed E-state index contributed by atoms with van der Waals surface area (Å²) in [7, 11) is 0. The van der Waals surface area contributed by atoms with Crippen LogP contribution in [-0.4, -0.2) is 18.4 Å². The van der Waals surface area contributed by atoms with Crippen LogP contribution in [-0.2, 0) is 16.0 Å². The normalized spacial score (nSPS) is 10.3. The van der Waals surface area contributed by atoms with Crippen molar-refractivity contribution in [2.24, 2.45) is 0 Å². The SMILES string of the molecule is Cc1ccc(NC(=O)CC(=O)NCCc2cccc(Cl)c2)cc1Cl. The molecule has 24 heavy (non-hydrogen) atoms. The van der Waals surface area contributed by atoms with Gasteiger partial charge in [0.2, 0.25) is 11.8 Å². The van der Waals surface area contributed by atoms with Crippen LogP contribution in [0.15, 0.2) is 42.5 Å². The lowest BCUT2D eigenvalue weighted by Crippen LogP contribution is -2.29. The molecular formula is C18H18Cl2N2O2. The number of carbonyl (C=O) groups is 2. The highest BCUT2D eigenvalue weighted by Crippen LogP contribution is 2.20. The molecule has 0 aliphatic carbocycles. The van der Waals surface area contributed by atoms with Crippen molar-refractivity contribution in [3.8, 4) is 0 Å². The molecule has 6 heteroatoms. The summed E-state index contributed by atoms with van der Waals surface area (Å²) in [4.78, 5) is 23.7. The fraction of sp³-hybridized carbons (Fsp3) is 0.222. The van der Waals surface area contributed by atoms with Gasteiger partial charge in [0.15, 0.2) is 0 Å². The topological polar surface area (TPSA) is 58.2 Å². The molecule has 0 aliphatic rings. The van der Waals surface area contributed by atoms with E-state index in [1.807, 2.05) is 31.2 Å². The van der Waals surface area contributed by atoms with Gasteiger partial charge in [-0.15, -0.1) is 0 Å². The van der Waals surface area contributed by atoms with Gasteiger partial charge >= 0.3 is 0 Å². The molecule has 2 N–H and O–H groups in total. The van der Waals surface area contributed by atoms with E-state index < -0.39 is 0 Å². The van der Waals surface area contributed by atoms with Crippen LogP contribution < -0.4 is 10.6 Å². The summed E-state index contributed by atoms with van der Waals surface area (Å²) in [6, 6.07) is 12.7. The van der Waals surface area contributed by atoms with Crippen molar-refractivity contribution in [3.63, 3.8) is 0 Å². The number of nitrogens with one attached hydrogen (secondary N) is 2. The molecule has 0 aromatic heterocycles. The Bertz CT molecular complexity index is 748. The Balaban J connectivity index is 1.75. The Hall–Kier alpha value is -2.04. The third kappa shape index (κ3) is 5.87. The van der Waals surface area contributed by atoms with E-state index in [0.717, 1.165) is 11.1 Å². The molecule has 0 bridgehead atoms. The molecule has 0 saturated heterocycles. The highest BCUT2D eigenvalue weighted by molar-refractivity contribution is 6.31. The second-order valence-corrected chi connectivity index (χ2v) is 6.26. The van der Waals surface area contributed by atoms with Gasteiger partial charge in [0.1, 0.15) is 6.42 Å². The van der Waals surface area contributed by atoms with Gasteiger partial charge in [-0.25, -0.2) is 0 Å². The summed E-state index contributed by atoms with van der Waals surface area (Å²) in [5, 5.41) is 6.60. The zero-order valence-corrected chi connectivity index (χ0v) is 14.7. The van der Waals surface area contributed by atoms with Crippen molar-refractivity contribution in [2.45, 2.75) is 19.8 Å². The molecule has 0 heterocycles. The average Bonchev–Trinajstić information content (AvgIpc) is 2.51. The molecule has 2 amide bonds. The zero-order valence-electron chi connectivity index (χ0n) is 13.2. The van der Waals surface area contributed by atoms with Gasteiger partial charge in [-0.1, -0.05) is 41.4 Å². The lowest BCUT2D eigenvalue weighted by Gasteiger charge is -2.08. The van der Waals surface area contributed by atoms with Crippen LogP contribution in [0.5, 0.6) is 0 Å². The van der Waals surface area contributed by atoms with Crippen molar-refractivity contribution in [2.75, 3.05) is 11.9 Å². The number of halogens is 2. The van der Waals surface area contributed by atoms with E-state index in [1.165, 1.54) is 0 Å². The van der Waals surface area contributed by atoms with Crippen molar-refractivity contribution in [1.29, 1.82) is 0 Å². The van der Waals surface area contributed by atoms with E-state index in [4.69, 9.17) is 23.2 Å². The van der Waals surface area contributed by atoms with Crippen LogP contribution in [0.25, 0.3) is 0 Å². The maximum Gasteiger partial charge on any atom is 0.233 e. The predicted molar refractivity (Wildman–Crippen MR) is 97.6 cm³/mol. The van der Waals surface area contributed by atoms with Crippen LogP contribution in [0.1, 0.15) is 17.5 Å². The second kappa shape index (κ2) is 8.71. The molecule has 0 radical (unpaired) electrons. The van der Waals surface area contributed by atoms with Crippen molar-refractivity contribution in [3.05, 3.63) is 63.6 Å². The minimum atomic E-state index is -0.379. The van der Waals surface area contributed by atoms with E-state index in [2.05, 4.69) is 10.6 Å². The molecule has 4 nitrogen and oxygen atoms in total. The van der Waals surface area contributed by atoms with Crippen LogP contribution in [0.4, 0.5) is 5.69 Å². The van der Waals surface area contributed by atoms with E-state index in [9.17, 15) is 9.59 Å². The Labute approximate surface area is 151 Å². The molecule has 0 aliphatic heterocycles. The highest BCUT2D eigenvalue weighted by atomic mass is 35.5. The number of hydrogen-bond acceptors (Lipinski definition) is 2. The maximum atomic E-state index is 11.9. The molecular weight excluding hydrogens is 347 g/mol. The third-order valence-electron chi connectivity index (χ3n) is 3.40. The van der Waals surface area contributed by atoms with Crippen LogP contribution >= 0.6 is 23.2 Å². The molecule has 0 saturated carbocycles. The molecule has 2 aromatic carbocycles. The number of rotatable bonds is 6. The summed E-state index contributed by atoms with van der Waals surface area (Å²) in [5.74, 6) is -0.706. The second-order valence-electron chi connectivity index (χ2n) is 5.42. The number of benzene rings is 2. The van der Waals surface area contributed by atoms with E-state index in [0.29, 0.717) is 28.7 Å². The summed E-state index contributed by atoms with van der Waals surface area (Å²) < 4.78 is 0. The van der Waals surface area contributed by atoms with Gasteiger partial charge in [0.05, 0.1) is 0 Å². The maximum absolute atomic E-state index is 11.9. The monoisotopic (exact) mass is 364 g/mol. The van der Waals surface area contributed by atoms with Crippen LogP contribution in [0.3, 0.4) is 0 Å². The summed E-state index contributed by atoms with van der Waals surface area (Å²) >= 11 is 11.9. The Morgan fingerprint density at radius 3 is 2.54 bits per heavy atom. The van der Waals surface area contributed by atoms with E-state index in [1.54, 1.807) is 18.2 Å². The van der Waals surface area contributed by atoms with Crippen molar-refractivity contribution in [1.82, 2.24) is 5.32 Å². The van der Waals surface area contributed by atoms with Crippen molar-refractivity contribution >= 4 is 40.7 Å². The number of amides is 2.